The van der Waals surface area contributed by atoms with E-state index >= 15 is 0 Å². The van der Waals surface area contributed by atoms with Crippen molar-refractivity contribution in [3.05, 3.63) is 64.7 Å². The number of carbonyl (C=O) groups is 1. The van der Waals surface area contributed by atoms with Gasteiger partial charge in [0.05, 0.1) is 12.7 Å². The molecule has 0 amide bonds. The van der Waals surface area contributed by atoms with Gasteiger partial charge in [-0.1, -0.05) is 12.1 Å². The molecule has 0 aliphatic rings. The number of hydrogen-bond acceptors (Lipinski definition) is 3. The lowest BCUT2D eigenvalue weighted by Gasteiger charge is -2.12. The Kier molecular flexibility index (Phi) is 5.10. The quantitative estimate of drug-likeness (QED) is 0.619. The Morgan fingerprint density at radius 2 is 1.67 bits per heavy atom. The van der Waals surface area contributed by atoms with Crippen molar-refractivity contribution in [2.45, 2.75) is 13.8 Å². The van der Waals surface area contributed by atoms with Crippen molar-refractivity contribution < 1.29 is 18.3 Å². The minimum absolute atomic E-state index is 0.0729. The molecule has 0 saturated heterocycles. The molecule has 2 rings (SSSR count). The molecule has 2 aromatic rings. The van der Waals surface area contributed by atoms with Crippen molar-refractivity contribution in [2.24, 2.45) is 0 Å². The number of ether oxygens (including phenoxy) is 1. The summed E-state index contributed by atoms with van der Waals surface area (Å²) >= 11 is 0. The van der Waals surface area contributed by atoms with Crippen molar-refractivity contribution in [1.82, 2.24) is 0 Å². The van der Waals surface area contributed by atoms with Gasteiger partial charge in [0, 0.05) is 5.57 Å². The topological polar surface area (TPSA) is 50.1 Å². The van der Waals surface area contributed by atoms with Crippen LogP contribution in [0.4, 0.5) is 8.78 Å². The van der Waals surface area contributed by atoms with Crippen LogP contribution in [0.2, 0.25) is 0 Å². The van der Waals surface area contributed by atoms with E-state index in [0.29, 0.717) is 16.7 Å². The summed E-state index contributed by atoms with van der Waals surface area (Å²) in [6.07, 6.45) is 0. The molecule has 0 radical (unpaired) electrons. The number of benzene rings is 2. The molecule has 122 valence electrons. The highest BCUT2D eigenvalue weighted by Crippen LogP contribution is 2.30. The van der Waals surface area contributed by atoms with Gasteiger partial charge in [-0.15, -0.1) is 0 Å². The maximum absolute atomic E-state index is 13.9. The van der Waals surface area contributed by atoms with Crippen LogP contribution in [-0.4, -0.2) is 12.9 Å². The van der Waals surface area contributed by atoms with E-state index in [1.807, 2.05) is 0 Å². The number of methoxy groups -OCH3 is 1. The molecule has 0 fully saturated rings. The minimum Gasteiger partial charge on any atom is -0.494 e. The normalized spacial score (nSPS) is 11.5. The average Bonchev–Trinajstić information content (AvgIpc) is 2.54. The molecule has 0 saturated carbocycles. The molecule has 0 aliphatic carbocycles. The molecule has 3 nitrogen and oxygen atoms in total. The zero-order chi connectivity index (χ0) is 17.9. The number of carbonyl (C=O) groups excluding carboxylic acids is 1. The second-order valence-corrected chi connectivity index (χ2v) is 5.21. The largest absolute Gasteiger partial charge is 0.494 e. The Labute approximate surface area is 138 Å². The first kappa shape index (κ1) is 17.4. The van der Waals surface area contributed by atoms with Crippen molar-refractivity contribution >= 4 is 16.9 Å². The minimum atomic E-state index is -0.668. The molecule has 0 unspecified atom stereocenters. The second kappa shape index (κ2) is 7.05. The number of allylic oxidation sites excluding steroid dienone is 2. The van der Waals surface area contributed by atoms with Gasteiger partial charge < -0.3 is 4.74 Å². The predicted octanol–water partition coefficient (Wildman–Crippen LogP) is 4.36. The van der Waals surface area contributed by atoms with Crippen LogP contribution in [0.3, 0.4) is 0 Å². The third-order valence-corrected chi connectivity index (χ3v) is 3.69. The first-order chi connectivity index (χ1) is 11.4. The lowest BCUT2D eigenvalue weighted by Crippen LogP contribution is -2.01. The van der Waals surface area contributed by atoms with Gasteiger partial charge in [-0.25, -0.2) is 8.78 Å². The van der Waals surface area contributed by atoms with E-state index in [9.17, 15) is 13.6 Å². The van der Waals surface area contributed by atoms with Crippen LogP contribution >= 0.6 is 0 Å². The third kappa shape index (κ3) is 3.33. The smallest absolute Gasteiger partial charge is 0.165 e. The van der Waals surface area contributed by atoms with Gasteiger partial charge in [-0.3, -0.25) is 4.79 Å². The average molecular weight is 327 g/mol. The fraction of sp³-hybridized carbons (Fsp3) is 0.158. The van der Waals surface area contributed by atoms with Crippen LogP contribution in [0, 0.1) is 23.0 Å². The number of rotatable bonds is 4. The van der Waals surface area contributed by atoms with Crippen molar-refractivity contribution in [3.8, 4) is 11.8 Å². The van der Waals surface area contributed by atoms with E-state index in [0.717, 1.165) is 0 Å². The summed E-state index contributed by atoms with van der Waals surface area (Å²) in [5.74, 6) is -1.46. The molecule has 24 heavy (non-hydrogen) atoms. The predicted molar refractivity (Wildman–Crippen MR) is 87.2 cm³/mol. The Morgan fingerprint density at radius 3 is 2.17 bits per heavy atom. The van der Waals surface area contributed by atoms with Gasteiger partial charge in [0.15, 0.2) is 17.3 Å². The zero-order valence-electron chi connectivity index (χ0n) is 13.5. The Hall–Kier alpha value is -3.00. The molecular weight excluding hydrogens is 312 g/mol. The van der Waals surface area contributed by atoms with Crippen LogP contribution in [-0.2, 0) is 4.79 Å². The van der Waals surface area contributed by atoms with Crippen LogP contribution in [0.1, 0.15) is 30.5 Å². The Bertz CT molecular complexity index is 879. The number of hydrogen-bond donors (Lipinski definition) is 0. The van der Waals surface area contributed by atoms with Gasteiger partial charge in [0.2, 0.25) is 0 Å². The molecule has 0 spiro atoms. The summed E-state index contributed by atoms with van der Waals surface area (Å²) in [7, 11) is 1.35. The van der Waals surface area contributed by atoms with E-state index in [-0.39, 0.29) is 22.7 Å². The highest BCUT2D eigenvalue weighted by atomic mass is 19.1. The van der Waals surface area contributed by atoms with Gasteiger partial charge in [-0.05, 0) is 54.8 Å². The molecule has 2 aromatic carbocycles. The summed E-state index contributed by atoms with van der Waals surface area (Å²) in [5, 5.41) is 8.79. The molecule has 0 N–H and O–H groups in total. The van der Waals surface area contributed by atoms with Gasteiger partial charge in [-0.2, -0.15) is 5.26 Å². The van der Waals surface area contributed by atoms with E-state index in [1.165, 1.54) is 38.3 Å². The van der Waals surface area contributed by atoms with Crippen LogP contribution in [0.25, 0.3) is 11.1 Å². The molecule has 0 aliphatic heterocycles. The zero-order valence-corrected chi connectivity index (χ0v) is 13.5. The standard InChI is InChI=1S/C19H15F2NO2/c1-11(13-4-5-15(10-22)16(20)8-13)19(12(2)23)14-6-7-18(24-3)17(21)9-14/h4-9H,1-3H3. The SMILES string of the molecule is COc1ccc(C(C(C)=O)=C(C)c2ccc(C#N)c(F)c2)cc1F. The second-order valence-electron chi connectivity index (χ2n) is 5.21. The van der Waals surface area contributed by atoms with E-state index in [1.54, 1.807) is 25.1 Å². The van der Waals surface area contributed by atoms with Crippen molar-refractivity contribution in [1.29, 1.82) is 5.26 Å². The Balaban J connectivity index is 2.63. The lowest BCUT2D eigenvalue weighted by atomic mass is 9.92. The van der Waals surface area contributed by atoms with Gasteiger partial charge in [0.25, 0.3) is 0 Å². The van der Waals surface area contributed by atoms with E-state index in [2.05, 4.69) is 0 Å². The third-order valence-electron chi connectivity index (χ3n) is 3.69. The Morgan fingerprint density at radius 1 is 1.04 bits per heavy atom. The highest BCUT2D eigenvalue weighted by molar-refractivity contribution is 6.26. The van der Waals surface area contributed by atoms with Gasteiger partial charge in [0.1, 0.15) is 11.9 Å². The van der Waals surface area contributed by atoms with E-state index < -0.39 is 11.6 Å². The summed E-state index contributed by atoms with van der Waals surface area (Å²) < 4.78 is 32.7. The van der Waals surface area contributed by atoms with Crippen molar-refractivity contribution in [2.75, 3.05) is 7.11 Å². The molecule has 0 heterocycles. The molecule has 0 atom stereocenters. The maximum atomic E-state index is 13.9. The summed E-state index contributed by atoms with van der Waals surface area (Å²) in [5.41, 5.74) is 1.53. The van der Waals surface area contributed by atoms with Crippen LogP contribution < -0.4 is 4.74 Å². The number of nitrogens with zero attached hydrogens (tertiary/aromatic N) is 1. The summed E-state index contributed by atoms with van der Waals surface area (Å²) in [4.78, 5) is 12.1. The van der Waals surface area contributed by atoms with Gasteiger partial charge >= 0.3 is 0 Å². The summed E-state index contributed by atoms with van der Waals surface area (Å²) in [6, 6.07) is 10.0. The molecule has 0 bridgehead atoms. The highest BCUT2D eigenvalue weighted by Gasteiger charge is 2.16. The molecular formula is C19H15F2NO2. The monoisotopic (exact) mass is 327 g/mol. The lowest BCUT2D eigenvalue weighted by molar-refractivity contribution is -0.111. The fourth-order valence-corrected chi connectivity index (χ4v) is 2.49. The first-order valence-corrected chi connectivity index (χ1v) is 7.14. The molecule has 5 heteroatoms. The van der Waals surface area contributed by atoms with Crippen molar-refractivity contribution in [3.63, 3.8) is 0 Å². The summed E-state index contributed by atoms with van der Waals surface area (Å²) in [6.45, 7) is 3.01. The number of ketones is 1. The van der Waals surface area contributed by atoms with Crippen LogP contribution in [0.15, 0.2) is 36.4 Å². The molecule has 0 aromatic heterocycles. The number of halogens is 2. The maximum Gasteiger partial charge on any atom is 0.165 e. The number of Topliss-reactive ketones (excluding diaryl/α,β-unsaturated/α-hetero) is 1. The van der Waals surface area contributed by atoms with E-state index in [4.69, 9.17) is 10.00 Å². The first-order valence-electron chi connectivity index (χ1n) is 7.14. The number of nitriles is 1. The fourth-order valence-electron chi connectivity index (χ4n) is 2.49. The van der Waals surface area contributed by atoms with Crippen LogP contribution in [0.5, 0.6) is 5.75 Å².